The summed E-state index contributed by atoms with van der Waals surface area (Å²) in [5.74, 6) is 0.178. The first-order valence-corrected chi connectivity index (χ1v) is 6.81. The smallest absolute Gasteiger partial charge is 0.245 e. The predicted octanol–water partition coefficient (Wildman–Crippen LogP) is 0.227. The van der Waals surface area contributed by atoms with Crippen LogP contribution in [0.2, 0.25) is 0 Å². The van der Waals surface area contributed by atoms with Crippen molar-refractivity contribution in [3.63, 3.8) is 0 Å². The molecule has 0 aliphatic carbocycles. The minimum Gasteiger partial charge on any atom is -0.391 e. The number of carbonyl (C=O) groups is 2. The Balaban J connectivity index is 2.01. The molecule has 0 saturated carbocycles. The lowest BCUT2D eigenvalue weighted by atomic mass is 10.0. The minimum atomic E-state index is -0.542. The fourth-order valence-electron chi connectivity index (χ4n) is 2.70. The van der Waals surface area contributed by atoms with Crippen LogP contribution in [0.1, 0.15) is 33.1 Å². The molecule has 2 saturated heterocycles. The highest BCUT2D eigenvalue weighted by Gasteiger charge is 2.42. The summed E-state index contributed by atoms with van der Waals surface area (Å²) >= 11 is 0. The Hall–Kier alpha value is -1.10. The van der Waals surface area contributed by atoms with E-state index in [9.17, 15) is 14.7 Å². The number of piperazine rings is 1. The molecule has 0 bridgehead atoms. The molecule has 18 heavy (non-hydrogen) atoms. The predicted molar refractivity (Wildman–Crippen MR) is 66.8 cm³/mol. The van der Waals surface area contributed by atoms with E-state index in [0.29, 0.717) is 6.54 Å². The van der Waals surface area contributed by atoms with Gasteiger partial charge in [-0.3, -0.25) is 9.59 Å². The highest BCUT2D eigenvalue weighted by molar-refractivity contribution is 5.95. The molecular weight excluding hydrogens is 232 g/mol. The number of hydrogen-bond donors (Lipinski definition) is 1. The quantitative estimate of drug-likeness (QED) is 0.781. The number of carbonyl (C=O) groups excluding carboxylic acids is 2. The van der Waals surface area contributed by atoms with Crippen LogP contribution in [-0.4, -0.2) is 58.5 Å². The number of rotatable bonds is 4. The largest absolute Gasteiger partial charge is 0.391 e. The summed E-state index contributed by atoms with van der Waals surface area (Å²) in [7, 11) is 0. The zero-order valence-corrected chi connectivity index (χ0v) is 11.1. The highest BCUT2D eigenvalue weighted by Crippen LogP contribution is 2.24. The SMILES string of the molecule is CCC(C)C(O)CN1CC(=O)N2CCCC2C1=O. The van der Waals surface area contributed by atoms with Gasteiger partial charge >= 0.3 is 0 Å². The summed E-state index contributed by atoms with van der Waals surface area (Å²) in [5.41, 5.74) is 0. The molecule has 102 valence electrons. The molecule has 3 unspecified atom stereocenters. The first-order valence-electron chi connectivity index (χ1n) is 6.81. The van der Waals surface area contributed by atoms with E-state index in [1.807, 2.05) is 13.8 Å². The normalized spacial score (nSPS) is 27.4. The minimum absolute atomic E-state index is 0.00875. The molecule has 0 aromatic heterocycles. The monoisotopic (exact) mass is 254 g/mol. The molecule has 1 N–H and O–H groups in total. The van der Waals surface area contributed by atoms with Crippen LogP contribution in [0.4, 0.5) is 0 Å². The Morgan fingerprint density at radius 3 is 2.83 bits per heavy atom. The van der Waals surface area contributed by atoms with E-state index in [0.717, 1.165) is 19.3 Å². The Morgan fingerprint density at radius 1 is 1.44 bits per heavy atom. The number of nitrogens with zero attached hydrogens (tertiary/aromatic N) is 2. The van der Waals surface area contributed by atoms with Gasteiger partial charge in [0.2, 0.25) is 11.8 Å². The molecule has 2 aliphatic rings. The number of fused-ring (bicyclic) bond motifs is 1. The molecule has 5 heteroatoms. The summed E-state index contributed by atoms with van der Waals surface area (Å²) in [6, 6.07) is -0.268. The third kappa shape index (κ3) is 2.36. The van der Waals surface area contributed by atoms with E-state index in [1.165, 1.54) is 4.90 Å². The first kappa shape index (κ1) is 13.3. The molecule has 2 heterocycles. The molecular formula is C13H22N2O3. The Kier molecular flexibility index (Phi) is 3.90. The van der Waals surface area contributed by atoms with Gasteiger partial charge in [0, 0.05) is 13.1 Å². The second kappa shape index (κ2) is 5.26. The van der Waals surface area contributed by atoms with Gasteiger partial charge < -0.3 is 14.9 Å². The van der Waals surface area contributed by atoms with Crippen molar-refractivity contribution >= 4 is 11.8 Å². The number of amides is 2. The molecule has 0 aromatic rings. The average Bonchev–Trinajstić information content (AvgIpc) is 2.84. The van der Waals surface area contributed by atoms with Crippen LogP contribution in [0.3, 0.4) is 0 Å². The molecule has 0 aromatic carbocycles. The van der Waals surface area contributed by atoms with E-state index in [1.54, 1.807) is 4.90 Å². The maximum absolute atomic E-state index is 12.2. The van der Waals surface area contributed by atoms with Crippen LogP contribution in [0, 0.1) is 5.92 Å². The van der Waals surface area contributed by atoms with E-state index in [-0.39, 0.29) is 36.9 Å². The van der Waals surface area contributed by atoms with E-state index in [2.05, 4.69) is 0 Å². The van der Waals surface area contributed by atoms with Gasteiger partial charge in [0.25, 0.3) is 0 Å². The second-order valence-electron chi connectivity index (χ2n) is 5.42. The van der Waals surface area contributed by atoms with Crippen LogP contribution in [0.25, 0.3) is 0 Å². The van der Waals surface area contributed by atoms with Crippen LogP contribution >= 0.6 is 0 Å². The van der Waals surface area contributed by atoms with Crippen LogP contribution < -0.4 is 0 Å². The summed E-state index contributed by atoms with van der Waals surface area (Å²) in [5, 5.41) is 10.00. The molecule has 2 fully saturated rings. The molecule has 0 spiro atoms. The molecule has 0 radical (unpaired) electrons. The van der Waals surface area contributed by atoms with Crippen LogP contribution in [0.15, 0.2) is 0 Å². The number of hydrogen-bond acceptors (Lipinski definition) is 3. The van der Waals surface area contributed by atoms with E-state index >= 15 is 0 Å². The summed E-state index contributed by atoms with van der Waals surface area (Å²) < 4.78 is 0. The molecule has 2 aliphatic heterocycles. The first-order chi connectivity index (χ1) is 8.54. The van der Waals surface area contributed by atoms with Crippen molar-refractivity contribution in [2.45, 2.75) is 45.3 Å². The lowest BCUT2D eigenvalue weighted by molar-refractivity contribution is -0.155. The lowest BCUT2D eigenvalue weighted by Crippen LogP contribution is -2.58. The molecule has 5 nitrogen and oxygen atoms in total. The molecule has 2 amide bonds. The van der Waals surface area contributed by atoms with Gasteiger partial charge in [-0.25, -0.2) is 0 Å². The summed E-state index contributed by atoms with van der Waals surface area (Å²) in [6.45, 7) is 5.09. The lowest BCUT2D eigenvalue weighted by Gasteiger charge is -2.37. The van der Waals surface area contributed by atoms with Gasteiger partial charge in [-0.15, -0.1) is 0 Å². The van der Waals surface area contributed by atoms with Crippen molar-refractivity contribution in [3.8, 4) is 0 Å². The second-order valence-corrected chi connectivity index (χ2v) is 5.42. The number of β-amino-alcohol motifs (C(OH)–C–C–N with tert-alkyl or cyclic N) is 1. The van der Waals surface area contributed by atoms with E-state index < -0.39 is 6.10 Å². The third-order valence-corrected chi connectivity index (χ3v) is 4.20. The van der Waals surface area contributed by atoms with Crippen molar-refractivity contribution in [2.75, 3.05) is 19.6 Å². The summed E-state index contributed by atoms with van der Waals surface area (Å²) in [6.07, 6.45) is 2.00. The van der Waals surface area contributed by atoms with Gasteiger partial charge in [-0.2, -0.15) is 0 Å². The number of aliphatic hydroxyl groups is 1. The van der Waals surface area contributed by atoms with E-state index in [4.69, 9.17) is 0 Å². The molecule has 2 rings (SSSR count). The van der Waals surface area contributed by atoms with Crippen LogP contribution in [0.5, 0.6) is 0 Å². The van der Waals surface area contributed by atoms with Gasteiger partial charge in [0.05, 0.1) is 12.6 Å². The summed E-state index contributed by atoms with van der Waals surface area (Å²) in [4.78, 5) is 27.3. The standard InChI is InChI=1S/C13H22N2O3/c1-3-9(2)11(16)7-14-8-12(17)15-6-4-5-10(15)13(14)18/h9-11,16H,3-8H2,1-2H3. The molecule has 3 atom stereocenters. The van der Waals surface area contributed by atoms with Crippen molar-refractivity contribution in [2.24, 2.45) is 5.92 Å². The van der Waals surface area contributed by atoms with Crippen molar-refractivity contribution in [1.29, 1.82) is 0 Å². The Bertz CT molecular complexity index is 345. The topological polar surface area (TPSA) is 60.9 Å². The van der Waals surface area contributed by atoms with Crippen molar-refractivity contribution < 1.29 is 14.7 Å². The van der Waals surface area contributed by atoms with Crippen LogP contribution in [-0.2, 0) is 9.59 Å². The van der Waals surface area contributed by atoms with Gasteiger partial charge in [-0.05, 0) is 18.8 Å². The number of aliphatic hydroxyl groups excluding tert-OH is 1. The fraction of sp³-hybridized carbons (Fsp3) is 0.846. The average molecular weight is 254 g/mol. The maximum atomic E-state index is 12.2. The highest BCUT2D eigenvalue weighted by atomic mass is 16.3. The fourth-order valence-corrected chi connectivity index (χ4v) is 2.70. The zero-order chi connectivity index (χ0) is 13.3. The third-order valence-electron chi connectivity index (χ3n) is 4.20. The van der Waals surface area contributed by atoms with Gasteiger partial charge in [-0.1, -0.05) is 20.3 Å². The van der Waals surface area contributed by atoms with Gasteiger partial charge in [0.1, 0.15) is 6.04 Å². The Morgan fingerprint density at radius 2 is 2.17 bits per heavy atom. The van der Waals surface area contributed by atoms with Crippen molar-refractivity contribution in [3.05, 3.63) is 0 Å². The zero-order valence-electron chi connectivity index (χ0n) is 11.1. The van der Waals surface area contributed by atoms with Gasteiger partial charge in [0.15, 0.2) is 0 Å². The Labute approximate surface area is 108 Å². The van der Waals surface area contributed by atoms with Crippen molar-refractivity contribution in [1.82, 2.24) is 9.80 Å². The maximum Gasteiger partial charge on any atom is 0.245 e.